The lowest BCUT2D eigenvalue weighted by molar-refractivity contribution is 0.386. The molecule has 1 N–H and O–H groups in total. The summed E-state index contributed by atoms with van der Waals surface area (Å²) in [5.74, 6) is 0.330. The third kappa shape index (κ3) is 3.56. The van der Waals surface area contributed by atoms with E-state index in [-0.39, 0.29) is 5.82 Å². The lowest BCUT2D eigenvalue weighted by atomic mass is 9.92. The summed E-state index contributed by atoms with van der Waals surface area (Å²) in [6, 6.07) is 5.35. The van der Waals surface area contributed by atoms with E-state index in [1.54, 1.807) is 12.1 Å². The van der Waals surface area contributed by atoms with Crippen molar-refractivity contribution in [3.05, 3.63) is 34.1 Å². The predicted molar refractivity (Wildman–Crippen MR) is 70.1 cm³/mol. The van der Waals surface area contributed by atoms with Gasteiger partial charge in [0.25, 0.3) is 0 Å². The summed E-state index contributed by atoms with van der Waals surface area (Å²) >= 11 is 3.46. The number of benzene rings is 1. The molecule has 0 heterocycles. The summed E-state index contributed by atoms with van der Waals surface area (Å²) in [7, 11) is 1.98. The van der Waals surface area contributed by atoms with Gasteiger partial charge in [0.15, 0.2) is 0 Å². The lowest BCUT2D eigenvalue weighted by Crippen LogP contribution is -2.32. The minimum absolute atomic E-state index is 0.164. The molecule has 0 amide bonds. The van der Waals surface area contributed by atoms with Gasteiger partial charge in [0.2, 0.25) is 0 Å². The monoisotopic (exact) mass is 287 g/mol. The minimum atomic E-state index is -0.164. The standard InChI is InChI=1S/C13H19BrFN/c1-4-13(16-3)9(2)7-10-8-11(15)5-6-12(10)14/h5-6,8-9,13,16H,4,7H2,1-3H3. The molecule has 2 atom stereocenters. The maximum atomic E-state index is 13.1. The summed E-state index contributed by atoms with van der Waals surface area (Å²) in [4.78, 5) is 0. The lowest BCUT2D eigenvalue weighted by Gasteiger charge is -2.22. The SMILES string of the molecule is CCC(NC)C(C)Cc1cc(F)ccc1Br. The Kier molecular flexibility index (Phi) is 5.42. The van der Waals surface area contributed by atoms with Crippen molar-refractivity contribution < 1.29 is 4.39 Å². The number of hydrogen-bond donors (Lipinski definition) is 1. The van der Waals surface area contributed by atoms with Gasteiger partial charge in [-0.1, -0.05) is 29.8 Å². The second kappa shape index (κ2) is 6.36. The van der Waals surface area contributed by atoms with Gasteiger partial charge in [-0.25, -0.2) is 4.39 Å². The minimum Gasteiger partial charge on any atom is -0.317 e. The zero-order chi connectivity index (χ0) is 12.1. The van der Waals surface area contributed by atoms with Crippen molar-refractivity contribution in [1.29, 1.82) is 0 Å². The Bertz CT molecular complexity index is 337. The van der Waals surface area contributed by atoms with Crippen molar-refractivity contribution in [2.24, 2.45) is 5.92 Å². The van der Waals surface area contributed by atoms with Crippen molar-refractivity contribution in [2.75, 3.05) is 7.05 Å². The smallest absolute Gasteiger partial charge is 0.123 e. The van der Waals surface area contributed by atoms with Crippen LogP contribution < -0.4 is 5.32 Å². The Morgan fingerprint density at radius 1 is 1.44 bits per heavy atom. The maximum Gasteiger partial charge on any atom is 0.123 e. The van der Waals surface area contributed by atoms with Gasteiger partial charge in [-0.2, -0.15) is 0 Å². The molecular weight excluding hydrogens is 269 g/mol. The van der Waals surface area contributed by atoms with Gasteiger partial charge in [-0.3, -0.25) is 0 Å². The first-order chi connectivity index (χ1) is 7.58. The van der Waals surface area contributed by atoms with Crippen LogP contribution in [-0.4, -0.2) is 13.1 Å². The highest BCUT2D eigenvalue weighted by Crippen LogP contribution is 2.22. The van der Waals surface area contributed by atoms with E-state index in [9.17, 15) is 4.39 Å². The van der Waals surface area contributed by atoms with E-state index >= 15 is 0 Å². The molecule has 3 heteroatoms. The first-order valence-corrected chi connectivity index (χ1v) is 6.49. The summed E-state index contributed by atoms with van der Waals surface area (Å²) < 4.78 is 14.1. The average Bonchev–Trinajstić information content (AvgIpc) is 2.25. The summed E-state index contributed by atoms with van der Waals surface area (Å²) in [6.45, 7) is 4.36. The predicted octanol–water partition coefficient (Wildman–Crippen LogP) is 3.76. The van der Waals surface area contributed by atoms with E-state index in [0.717, 1.165) is 22.9 Å². The number of rotatable bonds is 5. The van der Waals surface area contributed by atoms with Crippen LogP contribution in [0.1, 0.15) is 25.8 Å². The molecule has 0 saturated heterocycles. The molecule has 0 radical (unpaired) electrons. The maximum absolute atomic E-state index is 13.1. The zero-order valence-corrected chi connectivity index (χ0v) is 11.6. The molecule has 0 bridgehead atoms. The molecular formula is C13H19BrFN. The van der Waals surface area contributed by atoms with Gasteiger partial charge in [0.05, 0.1) is 0 Å². The quantitative estimate of drug-likeness (QED) is 0.869. The second-order valence-corrected chi connectivity index (χ2v) is 5.07. The molecule has 0 saturated carbocycles. The summed E-state index contributed by atoms with van der Waals surface area (Å²) in [6.07, 6.45) is 1.97. The molecule has 1 aromatic rings. The van der Waals surface area contributed by atoms with E-state index in [1.165, 1.54) is 6.07 Å². The van der Waals surface area contributed by atoms with E-state index < -0.39 is 0 Å². The average molecular weight is 288 g/mol. The Labute approximate surface area is 106 Å². The van der Waals surface area contributed by atoms with E-state index in [0.29, 0.717) is 12.0 Å². The van der Waals surface area contributed by atoms with Crippen molar-refractivity contribution >= 4 is 15.9 Å². The fraction of sp³-hybridized carbons (Fsp3) is 0.538. The highest BCUT2D eigenvalue weighted by molar-refractivity contribution is 9.10. The topological polar surface area (TPSA) is 12.0 Å². The molecule has 0 aliphatic rings. The first-order valence-electron chi connectivity index (χ1n) is 5.69. The second-order valence-electron chi connectivity index (χ2n) is 4.22. The highest BCUT2D eigenvalue weighted by atomic mass is 79.9. The molecule has 0 spiro atoms. The summed E-state index contributed by atoms with van der Waals surface area (Å²) in [5.41, 5.74) is 1.04. The van der Waals surface area contributed by atoms with E-state index in [4.69, 9.17) is 0 Å². The fourth-order valence-corrected chi connectivity index (χ4v) is 2.49. The van der Waals surface area contributed by atoms with Crippen LogP contribution in [0.25, 0.3) is 0 Å². The van der Waals surface area contributed by atoms with Gasteiger partial charge < -0.3 is 5.32 Å². The normalized spacial score (nSPS) is 14.8. The molecule has 90 valence electrons. The molecule has 0 aliphatic heterocycles. The van der Waals surface area contributed by atoms with Crippen LogP contribution in [0, 0.1) is 11.7 Å². The van der Waals surface area contributed by atoms with Crippen molar-refractivity contribution in [3.8, 4) is 0 Å². The molecule has 2 unspecified atom stereocenters. The van der Waals surface area contributed by atoms with Crippen LogP contribution in [0.5, 0.6) is 0 Å². The van der Waals surface area contributed by atoms with Gasteiger partial charge in [0, 0.05) is 10.5 Å². The van der Waals surface area contributed by atoms with Crippen molar-refractivity contribution in [3.63, 3.8) is 0 Å². The van der Waals surface area contributed by atoms with Crippen LogP contribution in [0.2, 0.25) is 0 Å². The third-order valence-corrected chi connectivity index (χ3v) is 3.82. The van der Waals surface area contributed by atoms with Crippen LogP contribution in [-0.2, 0) is 6.42 Å². The Balaban J connectivity index is 2.75. The fourth-order valence-electron chi connectivity index (χ4n) is 2.08. The highest BCUT2D eigenvalue weighted by Gasteiger charge is 2.15. The molecule has 1 nitrogen and oxygen atoms in total. The molecule has 16 heavy (non-hydrogen) atoms. The third-order valence-electron chi connectivity index (χ3n) is 3.05. The van der Waals surface area contributed by atoms with E-state index in [1.807, 2.05) is 7.05 Å². The van der Waals surface area contributed by atoms with Crippen molar-refractivity contribution in [1.82, 2.24) is 5.32 Å². The van der Waals surface area contributed by atoms with Gasteiger partial charge in [-0.05, 0) is 49.6 Å². The van der Waals surface area contributed by atoms with Gasteiger partial charge in [0.1, 0.15) is 5.82 Å². The van der Waals surface area contributed by atoms with E-state index in [2.05, 4.69) is 35.1 Å². The molecule has 1 aromatic carbocycles. The van der Waals surface area contributed by atoms with Crippen LogP contribution >= 0.6 is 15.9 Å². The molecule has 1 rings (SSSR count). The molecule has 0 aliphatic carbocycles. The number of nitrogens with one attached hydrogen (secondary N) is 1. The Morgan fingerprint density at radius 2 is 2.12 bits per heavy atom. The van der Waals surface area contributed by atoms with Gasteiger partial charge in [-0.15, -0.1) is 0 Å². The van der Waals surface area contributed by atoms with Crippen LogP contribution in [0.15, 0.2) is 22.7 Å². The zero-order valence-electron chi connectivity index (χ0n) is 10.1. The molecule has 0 fully saturated rings. The largest absolute Gasteiger partial charge is 0.317 e. The number of halogens is 2. The summed E-state index contributed by atoms with van der Waals surface area (Å²) in [5, 5.41) is 3.30. The van der Waals surface area contributed by atoms with Crippen LogP contribution in [0.4, 0.5) is 4.39 Å². The molecule has 0 aromatic heterocycles. The van der Waals surface area contributed by atoms with Crippen LogP contribution in [0.3, 0.4) is 0 Å². The van der Waals surface area contributed by atoms with Gasteiger partial charge >= 0.3 is 0 Å². The van der Waals surface area contributed by atoms with Crippen molar-refractivity contribution in [2.45, 2.75) is 32.7 Å². The Morgan fingerprint density at radius 3 is 2.69 bits per heavy atom. The number of hydrogen-bond acceptors (Lipinski definition) is 1. The first kappa shape index (κ1) is 13.7. The Hall–Kier alpha value is -0.410.